The highest BCUT2D eigenvalue weighted by atomic mass is 19.1. The highest BCUT2D eigenvalue weighted by molar-refractivity contribution is 5.85. The maximum absolute atomic E-state index is 13.9. The molecular formula is C21H24FN3O2. The molecular weight excluding hydrogens is 345 g/mol. The lowest BCUT2D eigenvalue weighted by Gasteiger charge is -2.38. The van der Waals surface area contributed by atoms with E-state index in [0.29, 0.717) is 19.5 Å². The van der Waals surface area contributed by atoms with Crippen LogP contribution in [0.15, 0.2) is 42.6 Å². The Morgan fingerprint density at radius 3 is 2.70 bits per heavy atom. The number of nitrogens with zero attached hydrogens (tertiary/aromatic N) is 3. The minimum Gasteiger partial charge on any atom is -0.348 e. The molecule has 142 valence electrons. The first-order valence-electron chi connectivity index (χ1n) is 9.58. The largest absolute Gasteiger partial charge is 0.348 e. The van der Waals surface area contributed by atoms with Crippen molar-refractivity contribution in [3.05, 3.63) is 59.7 Å². The maximum atomic E-state index is 13.9. The summed E-state index contributed by atoms with van der Waals surface area (Å²) in [6.07, 6.45) is 4.32. The van der Waals surface area contributed by atoms with E-state index in [1.165, 1.54) is 12.1 Å². The molecule has 0 unspecified atom stereocenters. The highest BCUT2D eigenvalue weighted by Crippen LogP contribution is 2.34. The lowest BCUT2D eigenvalue weighted by atomic mass is 9.99. The monoisotopic (exact) mass is 369 g/mol. The fourth-order valence-electron chi connectivity index (χ4n) is 3.93. The van der Waals surface area contributed by atoms with Gasteiger partial charge in [0.05, 0.1) is 6.04 Å². The zero-order valence-corrected chi connectivity index (χ0v) is 15.5. The molecule has 2 amide bonds. The highest BCUT2D eigenvalue weighted by Gasteiger charge is 2.37. The molecule has 1 aliphatic carbocycles. The molecule has 1 aromatic heterocycles. The molecule has 0 saturated heterocycles. The number of carbonyl (C=O) groups is 2. The molecule has 0 spiro atoms. The molecule has 0 bridgehead atoms. The Labute approximate surface area is 158 Å². The van der Waals surface area contributed by atoms with Crippen LogP contribution in [0.1, 0.15) is 43.5 Å². The van der Waals surface area contributed by atoms with Gasteiger partial charge in [0.1, 0.15) is 12.4 Å². The van der Waals surface area contributed by atoms with Gasteiger partial charge in [0, 0.05) is 37.4 Å². The quantitative estimate of drug-likeness (QED) is 0.813. The first-order valence-corrected chi connectivity index (χ1v) is 9.58. The lowest BCUT2D eigenvalue weighted by Crippen LogP contribution is -2.48. The van der Waals surface area contributed by atoms with Crippen LogP contribution in [0, 0.1) is 5.82 Å². The maximum Gasteiger partial charge on any atom is 0.243 e. The number of hydrogen-bond donors (Lipinski definition) is 0. The normalized spacial score (nSPS) is 18.9. The van der Waals surface area contributed by atoms with Crippen LogP contribution in [-0.2, 0) is 16.1 Å². The van der Waals surface area contributed by atoms with Crippen molar-refractivity contribution in [2.75, 3.05) is 13.1 Å². The van der Waals surface area contributed by atoms with Crippen LogP contribution in [0.4, 0.5) is 4.39 Å². The number of fused-ring (bicyclic) bond motifs is 1. The van der Waals surface area contributed by atoms with Crippen molar-refractivity contribution < 1.29 is 14.0 Å². The van der Waals surface area contributed by atoms with Crippen molar-refractivity contribution >= 4 is 11.8 Å². The molecule has 6 heteroatoms. The molecule has 27 heavy (non-hydrogen) atoms. The number of rotatable bonds is 5. The predicted octanol–water partition coefficient (Wildman–Crippen LogP) is 2.96. The third kappa shape index (κ3) is 3.48. The van der Waals surface area contributed by atoms with Crippen molar-refractivity contribution in [1.29, 1.82) is 0 Å². The van der Waals surface area contributed by atoms with Gasteiger partial charge in [-0.2, -0.15) is 0 Å². The standard InChI is InChI=1S/C21H24FN3O2/c1-2-19(26)25(17-8-9-17)14-20(27)24-12-11-23-10-4-7-18(23)21(24)15-5-3-6-16(22)13-15/h3-7,10,13,17,21H,2,8-9,11-12,14H2,1H3/t21-/m0/s1. The summed E-state index contributed by atoms with van der Waals surface area (Å²) in [5, 5.41) is 0. The number of hydrogen-bond acceptors (Lipinski definition) is 2. The van der Waals surface area contributed by atoms with E-state index in [2.05, 4.69) is 4.57 Å². The van der Waals surface area contributed by atoms with Crippen molar-refractivity contribution in [3.63, 3.8) is 0 Å². The van der Waals surface area contributed by atoms with E-state index >= 15 is 0 Å². The van der Waals surface area contributed by atoms with Crippen LogP contribution < -0.4 is 0 Å². The summed E-state index contributed by atoms with van der Waals surface area (Å²) < 4.78 is 16.0. The Morgan fingerprint density at radius 1 is 1.19 bits per heavy atom. The second kappa shape index (κ2) is 7.18. The molecule has 1 saturated carbocycles. The van der Waals surface area contributed by atoms with Crippen LogP contribution in [0.5, 0.6) is 0 Å². The summed E-state index contributed by atoms with van der Waals surface area (Å²) in [7, 11) is 0. The molecule has 0 radical (unpaired) electrons. The molecule has 1 atom stereocenters. The zero-order valence-electron chi connectivity index (χ0n) is 15.5. The van der Waals surface area contributed by atoms with Crippen molar-refractivity contribution in [2.45, 2.75) is 44.8 Å². The van der Waals surface area contributed by atoms with E-state index < -0.39 is 0 Å². The summed E-state index contributed by atoms with van der Waals surface area (Å²) in [5.41, 5.74) is 1.72. The second-order valence-electron chi connectivity index (χ2n) is 7.28. The number of aromatic nitrogens is 1. The van der Waals surface area contributed by atoms with Gasteiger partial charge < -0.3 is 14.4 Å². The van der Waals surface area contributed by atoms with Gasteiger partial charge in [-0.3, -0.25) is 9.59 Å². The van der Waals surface area contributed by atoms with Gasteiger partial charge in [-0.25, -0.2) is 4.39 Å². The summed E-state index contributed by atoms with van der Waals surface area (Å²) >= 11 is 0. The number of halogens is 1. The van der Waals surface area contributed by atoms with E-state index in [1.54, 1.807) is 15.9 Å². The van der Waals surface area contributed by atoms with E-state index in [-0.39, 0.29) is 36.3 Å². The average molecular weight is 369 g/mol. The summed E-state index contributed by atoms with van der Waals surface area (Å²) in [4.78, 5) is 29.0. The van der Waals surface area contributed by atoms with Gasteiger partial charge in [-0.15, -0.1) is 0 Å². The van der Waals surface area contributed by atoms with Crippen LogP contribution in [0.3, 0.4) is 0 Å². The third-order valence-corrected chi connectivity index (χ3v) is 5.44. The predicted molar refractivity (Wildman–Crippen MR) is 99.4 cm³/mol. The van der Waals surface area contributed by atoms with Gasteiger partial charge in [-0.1, -0.05) is 19.1 Å². The molecule has 1 aromatic carbocycles. The SMILES string of the molecule is CCC(=O)N(CC(=O)N1CCn2cccc2[C@@H]1c1cccc(F)c1)C1CC1. The fourth-order valence-corrected chi connectivity index (χ4v) is 3.93. The Balaban J connectivity index is 1.64. The number of carbonyl (C=O) groups excluding carboxylic acids is 2. The molecule has 2 aromatic rings. The molecule has 5 nitrogen and oxygen atoms in total. The fraction of sp³-hybridized carbons (Fsp3) is 0.429. The van der Waals surface area contributed by atoms with Gasteiger partial charge in [0.2, 0.25) is 11.8 Å². The topological polar surface area (TPSA) is 45.6 Å². The van der Waals surface area contributed by atoms with Crippen molar-refractivity contribution in [3.8, 4) is 0 Å². The van der Waals surface area contributed by atoms with Crippen LogP contribution in [-0.4, -0.2) is 45.3 Å². The summed E-state index contributed by atoms with van der Waals surface area (Å²) in [5.74, 6) is -0.372. The van der Waals surface area contributed by atoms with E-state index in [1.807, 2.05) is 31.3 Å². The van der Waals surface area contributed by atoms with Gasteiger partial charge in [0.15, 0.2) is 0 Å². The second-order valence-corrected chi connectivity index (χ2v) is 7.28. The minimum atomic E-state index is -0.338. The minimum absolute atomic E-state index is 0.0218. The lowest BCUT2D eigenvalue weighted by molar-refractivity contribution is -0.142. The first-order chi connectivity index (χ1) is 13.1. The molecule has 2 aliphatic rings. The van der Waals surface area contributed by atoms with Crippen molar-refractivity contribution in [1.82, 2.24) is 14.4 Å². The first kappa shape index (κ1) is 17.8. The van der Waals surface area contributed by atoms with Gasteiger partial charge in [-0.05, 0) is 42.7 Å². The summed E-state index contributed by atoms with van der Waals surface area (Å²) in [6.45, 7) is 3.17. The molecule has 0 N–H and O–H groups in total. The molecule has 2 heterocycles. The zero-order chi connectivity index (χ0) is 19.0. The smallest absolute Gasteiger partial charge is 0.243 e. The Morgan fingerprint density at radius 2 is 2.00 bits per heavy atom. The Kier molecular flexibility index (Phi) is 4.72. The van der Waals surface area contributed by atoms with E-state index in [4.69, 9.17) is 0 Å². The average Bonchev–Trinajstić information content (AvgIpc) is 3.40. The molecule has 1 fully saturated rings. The van der Waals surface area contributed by atoms with Crippen LogP contribution >= 0.6 is 0 Å². The summed E-state index contributed by atoms with van der Waals surface area (Å²) in [6, 6.07) is 10.2. The number of benzene rings is 1. The Hall–Kier alpha value is -2.63. The van der Waals surface area contributed by atoms with Crippen molar-refractivity contribution in [2.24, 2.45) is 0 Å². The number of amides is 2. The van der Waals surface area contributed by atoms with Crippen LogP contribution in [0.2, 0.25) is 0 Å². The Bertz CT molecular complexity index is 859. The van der Waals surface area contributed by atoms with Crippen LogP contribution in [0.25, 0.3) is 0 Å². The third-order valence-electron chi connectivity index (χ3n) is 5.44. The van der Waals surface area contributed by atoms with Gasteiger partial charge >= 0.3 is 0 Å². The molecule has 1 aliphatic heterocycles. The van der Waals surface area contributed by atoms with E-state index in [9.17, 15) is 14.0 Å². The van der Waals surface area contributed by atoms with Gasteiger partial charge in [0.25, 0.3) is 0 Å². The molecule has 4 rings (SSSR count). The van der Waals surface area contributed by atoms with E-state index in [0.717, 1.165) is 24.1 Å².